The molecule has 1 fully saturated rings. The number of benzene rings is 2. The monoisotopic (exact) mass is 271 g/mol. The van der Waals surface area contributed by atoms with Crippen LogP contribution in [0.5, 0.6) is 0 Å². The second-order valence-electron chi connectivity index (χ2n) is 5.21. The number of ether oxygens (including phenoxy) is 2. The van der Waals surface area contributed by atoms with Crippen LogP contribution in [0, 0.1) is 0 Å². The first kappa shape index (κ1) is 13.4. The molecule has 3 nitrogen and oxygen atoms in total. The van der Waals surface area contributed by atoms with Crippen molar-refractivity contribution < 1.29 is 9.47 Å². The lowest BCUT2D eigenvalue weighted by Gasteiger charge is -2.43. The van der Waals surface area contributed by atoms with Gasteiger partial charge in [-0.25, -0.2) is 0 Å². The third-order valence-corrected chi connectivity index (χ3v) is 4.03. The van der Waals surface area contributed by atoms with Crippen LogP contribution < -0.4 is 5.32 Å². The van der Waals surface area contributed by atoms with Gasteiger partial charge < -0.3 is 14.8 Å². The lowest BCUT2D eigenvalue weighted by molar-refractivity contribution is -0.117. The average Bonchev–Trinajstić information content (AvgIpc) is 2.46. The molecule has 20 heavy (non-hydrogen) atoms. The van der Waals surface area contributed by atoms with E-state index in [0.717, 1.165) is 13.0 Å². The second-order valence-corrected chi connectivity index (χ2v) is 5.21. The smallest absolute Gasteiger partial charge is 0.103 e. The van der Waals surface area contributed by atoms with E-state index in [2.05, 4.69) is 47.8 Å². The summed E-state index contributed by atoms with van der Waals surface area (Å²) in [5.41, 5.74) is 1.17. The van der Waals surface area contributed by atoms with Gasteiger partial charge in [-0.2, -0.15) is 0 Å². The highest BCUT2D eigenvalue weighted by Gasteiger charge is 2.42. The minimum absolute atomic E-state index is 0.133. The van der Waals surface area contributed by atoms with Crippen molar-refractivity contribution in [3.8, 4) is 0 Å². The molecular weight excluding hydrogens is 250 g/mol. The Kier molecular flexibility index (Phi) is 3.90. The molecule has 1 aliphatic rings. The Balaban J connectivity index is 1.77. The second kappa shape index (κ2) is 5.81. The SMILES string of the molecule is CCOC1CC(Nc2cccc3ccccc23)C1OC. The Morgan fingerprint density at radius 2 is 1.95 bits per heavy atom. The Morgan fingerprint density at radius 3 is 2.75 bits per heavy atom. The molecule has 0 aliphatic heterocycles. The molecule has 0 radical (unpaired) electrons. The molecule has 1 saturated carbocycles. The van der Waals surface area contributed by atoms with E-state index in [1.807, 2.05) is 6.92 Å². The van der Waals surface area contributed by atoms with Crippen molar-refractivity contribution in [1.82, 2.24) is 0 Å². The summed E-state index contributed by atoms with van der Waals surface area (Å²) in [5, 5.41) is 6.12. The van der Waals surface area contributed by atoms with Crippen molar-refractivity contribution in [2.45, 2.75) is 31.6 Å². The topological polar surface area (TPSA) is 30.5 Å². The summed E-state index contributed by atoms with van der Waals surface area (Å²) in [7, 11) is 1.76. The predicted octanol–water partition coefficient (Wildman–Crippen LogP) is 3.44. The first-order chi connectivity index (χ1) is 9.83. The summed E-state index contributed by atoms with van der Waals surface area (Å²) >= 11 is 0. The fraction of sp³-hybridized carbons (Fsp3) is 0.412. The molecule has 1 aliphatic carbocycles. The standard InChI is InChI=1S/C17H21NO2/c1-3-20-16-11-15(17(16)19-2)18-14-10-6-8-12-7-4-5-9-13(12)14/h4-10,15-18H,3,11H2,1-2H3. The fourth-order valence-corrected chi connectivity index (χ4v) is 2.97. The van der Waals surface area contributed by atoms with E-state index in [9.17, 15) is 0 Å². The van der Waals surface area contributed by atoms with E-state index in [0.29, 0.717) is 6.04 Å². The first-order valence-corrected chi connectivity index (χ1v) is 7.22. The predicted molar refractivity (Wildman–Crippen MR) is 82.2 cm³/mol. The van der Waals surface area contributed by atoms with Crippen LogP contribution in [-0.2, 0) is 9.47 Å². The van der Waals surface area contributed by atoms with Crippen LogP contribution in [-0.4, -0.2) is 32.0 Å². The largest absolute Gasteiger partial charge is 0.379 e. The highest BCUT2D eigenvalue weighted by molar-refractivity contribution is 5.93. The number of nitrogens with one attached hydrogen (secondary N) is 1. The van der Waals surface area contributed by atoms with Gasteiger partial charge in [0.15, 0.2) is 0 Å². The molecule has 1 N–H and O–H groups in total. The Hall–Kier alpha value is -1.58. The molecule has 0 aromatic heterocycles. The quantitative estimate of drug-likeness (QED) is 0.903. The number of methoxy groups -OCH3 is 1. The van der Waals surface area contributed by atoms with Gasteiger partial charge in [0.05, 0.1) is 12.1 Å². The van der Waals surface area contributed by atoms with Crippen LogP contribution in [0.3, 0.4) is 0 Å². The molecule has 0 amide bonds. The molecule has 106 valence electrons. The highest BCUT2D eigenvalue weighted by Crippen LogP contribution is 2.32. The molecular formula is C17H21NO2. The van der Waals surface area contributed by atoms with Crippen LogP contribution in [0.25, 0.3) is 10.8 Å². The molecule has 2 aromatic rings. The van der Waals surface area contributed by atoms with Gasteiger partial charge in [-0.3, -0.25) is 0 Å². The maximum atomic E-state index is 5.67. The van der Waals surface area contributed by atoms with Crippen molar-refractivity contribution >= 4 is 16.5 Å². The van der Waals surface area contributed by atoms with E-state index in [4.69, 9.17) is 9.47 Å². The normalized spacial score (nSPS) is 25.4. The molecule has 3 unspecified atom stereocenters. The summed E-state index contributed by atoms with van der Waals surface area (Å²) in [6.07, 6.45) is 1.35. The van der Waals surface area contributed by atoms with Gasteiger partial charge in [0.25, 0.3) is 0 Å². The van der Waals surface area contributed by atoms with E-state index >= 15 is 0 Å². The summed E-state index contributed by atoms with van der Waals surface area (Å²) in [4.78, 5) is 0. The molecule has 0 heterocycles. The van der Waals surface area contributed by atoms with Gasteiger partial charge in [0, 0.05) is 24.8 Å². The molecule has 0 bridgehead atoms. The number of anilines is 1. The lowest BCUT2D eigenvalue weighted by atomic mass is 9.84. The maximum Gasteiger partial charge on any atom is 0.103 e. The van der Waals surface area contributed by atoms with Gasteiger partial charge in [0.2, 0.25) is 0 Å². The summed E-state index contributed by atoms with van der Waals surface area (Å²) in [5.74, 6) is 0. The summed E-state index contributed by atoms with van der Waals surface area (Å²) < 4.78 is 11.2. The minimum atomic E-state index is 0.133. The van der Waals surface area contributed by atoms with Crippen LogP contribution in [0.4, 0.5) is 5.69 Å². The third-order valence-electron chi connectivity index (χ3n) is 4.03. The zero-order valence-corrected chi connectivity index (χ0v) is 12.0. The van der Waals surface area contributed by atoms with Gasteiger partial charge in [0.1, 0.15) is 6.10 Å². The van der Waals surface area contributed by atoms with Crippen molar-refractivity contribution in [2.24, 2.45) is 0 Å². The van der Waals surface area contributed by atoms with Crippen LogP contribution in [0.15, 0.2) is 42.5 Å². The maximum absolute atomic E-state index is 5.67. The zero-order valence-electron chi connectivity index (χ0n) is 12.0. The highest BCUT2D eigenvalue weighted by atomic mass is 16.5. The van der Waals surface area contributed by atoms with Crippen molar-refractivity contribution in [3.05, 3.63) is 42.5 Å². The van der Waals surface area contributed by atoms with E-state index in [1.165, 1.54) is 16.5 Å². The van der Waals surface area contributed by atoms with Crippen molar-refractivity contribution in [1.29, 1.82) is 0 Å². The lowest BCUT2D eigenvalue weighted by Crippen LogP contribution is -2.56. The first-order valence-electron chi connectivity index (χ1n) is 7.22. The van der Waals surface area contributed by atoms with E-state index < -0.39 is 0 Å². The number of hydrogen-bond donors (Lipinski definition) is 1. The molecule has 3 atom stereocenters. The van der Waals surface area contributed by atoms with Crippen molar-refractivity contribution in [3.63, 3.8) is 0 Å². The van der Waals surface area contributed by atoms with E-state index in [-0.39, 0.29) is 12.2 Å². The van der Waals surface area contributed by atoms with Gasteiger partial charge in [-0.05, 0) is 24.8 Å². The van der Waals surface area contributed by atoms with Gasteiger partial charge >= 0.3 is 0 Å². The Bertz CT molecular complexity index is 579. The van der Waals surface area contributed by atoms with Gasteiger partial charge in [-0.1, -0.05) is 36.4 Å². The molecule has 3 heteroatoms. The Labute approximate surface area is 119 Å². The summed E-state index contributed by atoms with van der Waals surface area (Å²) in [6.45, 7) is 2.77. The number of fused-ring (bicyclic) bond motifs is 1. The Morgan fingerprint density at radius 1 is 1.15 bits per heavy atom. The van der Waals surface area contributed by atoms with Crippen LogP contribution >= 0.6 is 0 Å². The van der Waals surface area contributed by atoms with Crippen molar-refractivity contribution in [2.75, 3.05) is 19.0 Å². The van der Waals surface area contributed by atoms with Crippen LogP contribution in [0.1, 0.15) is 13.3 Å². The third kappa shape index (κ3) is 2.39. The molecule has 3 rings (SSSR count). The van der Waals surface area contributed by atoms with Crippen LogP contribution in [0.2, 0.25) is 0 Å². The average molecular weight is 271 g/mol. The molecule has 0 saturated heterocycles. The zero-order chi connectivity index (χ0) is 13.9. The van der Waals surface area contributed by atoms with Gasteiger partial charge in [-0.15, -0.1) is 0 Å². The molecule has 0 spiro atoms. The summed E-state index contributed by atoms with van der Waals surface area (Å²) in [6, 6.07) is 15.1. The fourth-order valence-electron chi connectivity index (χ4n) is 2.97. The number of hydrogen-bond acceptors (Lipinski definition) is 3. The number of rotatable bonds is 5. The molecule has 2 aromatic carbocycles. The minimum Gasteiger partial charge on any atom is -0.379 e. The van der Waals surface area contributed by atoms with E-state index in [1.54, 1.807) is 7.11 Å².